The quantitative estimate of drug-likeness (QED) is 0.890. The number of primary amides is 1. The van der Waals surface area contributed by atoms with Gasteiger partial charge >= 0.3 is 0 Å². The van der Waals surface area contributed by atoms with E-state index in [0.717, 1.165) is 0 Å². The van der Waals surface area contributed by atoms with Crippen molar-refractivity contribution < 1.29 is 9.53 Å². The Morgan fingerprint density at radius 1 is 1.62 bits per heavy atom. The van der Waals surface area contributed by atoms with E-state index in [2.05, 4.69) is 15.9 Å². The first-order chi connectivity index (χ1) is 6.07. The van der Waals surface area contributed by atoms with Gasteiger partial charge < -0.3 is 10.5 Å². The second-order valence-electron chi connectivity index (χ2n) is 2.31. The third-order valence-electron chi connectivity index (χ3n) is 1.52. The summed E-state index contributed by atoms with van der Waals surface area (Å²) in [6, 6.07) is 3.10. The van der Waals surface area contributed by atoms with Crippen LogP contribution in [-0.2, 0) is 0 Å². The highest BCUT2D eigenvalue weighted by Crippen LogP contribution is 2.34. The summed E-state index contributed by atoms with van der Waals surface area (Å²) < 4.78 is 5.52. The van der Waals surface area contributed by atoms with Crippen LogP contribution in [0.15, 0.2) is 16.6 Å². The van der Waals surface area contributed by atoms with Crippen LogP contribution in [0.3, 0.4) is 0 Å². The Bertz CT molecular complexity index is 354. The number of carbonyl (C=O) groups is 1. The summed E-state index contributed by atoms with van der Waals surface area (Å²) in [5.74, 6) is -0.186. The summed E-state index contributed by atoms with van der Waals surface area (Å²) in [7, 11) is 1.45. The summed E-state index contributed by atoms with van der Waals surface area (Å²) in [6.07, 6.45) is 0. The van der Waals surface area contributed by atoms with Crippen LogP contribution in [0.25, 0.3) is 0 Å². The fraction of sp³-hybridized carbons (Fsp3) is 0.125. The SMILES string of the molecule is COc1c(C(N)=O)ccc(Cl)c1Br. The van der Waals surface area contributed by atoms with Gasteiger partial charge in [0.25, 0.3) is 5.91 Å². The van der Waals surface area contributed by atoms with E-state index in [1.165, 1.54) is 13.2 Å². The fourth-order valence-electron chi connectivity index (χ4n) is 0.926. The first kappa shape index (κ1) is 10.3. The van der Waals surface area contributed by atoms with Crippen LogP contribution in [0.5, 0.6) is 5.75 Å². The van der Waals surface area contributed by atoms with Gasteiger partial charge in [0.15, 0.2) is 0 Å². The molecule has 0 fully saturated rings. The van der Waals surface area contributed by atoms with Gasteiger partial charge in [0.1, 0.15) is 5.75 Å². The molecule has 0 aliphatic heterocycles. The molecule has 1 amide bonds. The summed E-state index contributed by atoms with van der Waals surface area (Å²) in [4.78, 5) is 10.9. The first-order valence-electron chi connectivity index (χ1n) is 3.39. The largest absolute Gasteiger partial charge is 0.495 e. The van der Waals surface area contributed by atoms with E-state index >= 15 is 0 Å². The summed E-state index contributed by atoms with van der Waals surface area (Å²) in [5, 5.41) is 0.474. The van der Waals surface area contributed by atoms with Crippen molar-refractivity contribution in [3.05, 3.63) is 27.2 Å². The van der Waals surface area contributed by atoms with Crippen molar-refractivity contribution in [1.29, 1.82) is 0 Å². The van der Waals surface area contributed by atoms with Gasteiger partial charge in [-0.2, -0.15) is 0 Å². The maximum absolute atomic E-state index is 10.9. The number of nitrogens with two attached hydrogens (primary N) is 1. The van der Waals surface area contributed by atoms with Crippen LogP contribution in [0.4, 0.5) is 0 Å². The molecule has 0 heterocycles. The smallest absolute Gasteiger partial charge is 0.252 e. The highest BCUT2D eigenvalue weighted by atomic mass is 79.9. The van der Waals surface area contributed by atoms with Crippen LogP contribution < -0.4 is 10.5 Å². The molecule has 0 radical (unpaired) electrons. The van der Waals surface area contributed by atoms with Gasteiger partial charge in [0.05, 0.1) is 22.2 Å². The van der Waals surface area contributed by atoms with Gasteiger partial charge in [-0.25, -0.2) is 0 Å². The summed E-state index contributed by atoms with van der Waals surface area (Å²) in [5.41, 5.74) is 5.43. The molecule has 0 bridgehead atoms. The molecule has 1 rings (SSSR count). The lowest BCUT2D eigenvalue weighted by Gasteiger charge is -2.08. The van der Waals surface area contributed by atoms with Gasteiger partial charge in [0.2, 0.25) is 0 Å². The summed E-state index contributed by atoms with van der Waals surface area (Å²) in [6.45, 7) is 0. The third kappa shape index (κ3) is 1.95. The van der Waals surface area contributed by atoms with Crippen LogP contribution in [0, 0.1) is 0 Å². The van der Waals surface area contributed by atoms with Crippen molar-refractivity contribution >= 4 is 33.4 Å². The minimum atomic E-state index is -0.547. The lowest BCUT2D eigenvalue weighted by molar-refractivity contribution is 0.0997. The van der Waals surface area contributed by atoms with E-state index in [0.29, 0.717) is 20.8 Å². The van der Waals surface area contributed by atoms with E-state index in [-0.39, 0.29) is 0 Å². The zero-order valence-corrected chi connectivity index (χ0v) is 9.15. The highest BCUT2D eigenvalue weighted by Gasteiger charge is 2.14. The predicted octanol–water partition coefficient (Wildman–Crippen LogP) is 2.21. The number of benzene rings is 1. The number of hydrogen-bond acceptors (Lipinski definition) is 2. The Kier molecular flexibility index (Phi) is 3.17. The minimum Gasteiger partial charge on any atom is -0.495 e. The van der Waals surface area contributed by atoms with Crippen molar-refractivity contribution in [1.82, 2.24) is 0 Å². The van der Waals surface area contributed by atoms with E-state index in [1.54, 1.807) is 6.07 Å². The molecule has 0 aliphatic rings. The number of carbonyl (C=O) groups excluding carboxylic acids is 1. The molecule has 70 valence electrons. The average Bonchev–Trinajstić information content (AvgIpc) is 2.09. The Hall–Kier alpha value is -0.740. The molecule has 0 unspecified atom stereocenters. The second kappa shape index (κ2) is 3.98. The molecule has 0 atom stereocenters. The molecule has 0 aliphatic carbocycles. The van der Waals surface area contributed by atoms with E-state index in [4.69, 9.17) is 22.1 Å². The first-order valence-corrected chi connectivity index (χ1v) is 4.56. The number of rotatable bonds is 2. The molecule has 1 aromatic carbocycles. The number of ether oxygens (including phenoxy) is 1. The monoisotopic (exact) mass is 263 g/mol. The molecule has 0 spiro atoms. The molecule has 13 heavy (non-hydrogen) atoms. The van der Waals surface area contributed by atoms with E-state index < -0.39 is 5.91 Å². The molecular weight excluding hydrogens is 257 g/mol. The van der Waals surface area contributed by atoms with Crippen LogP contribution >= 0.6 is 27.5 Å². The van der Waals surface area contributed by atoms with Crippen molar-refractivity contribution in [2.45, 2.75) is 0 Å². The van der Waals surface area contributed by atoms with E-state index in [9.17, 15) is 4.79 Å². The van der Waals surface area contributed by atoms with Crippen molar-refractivity contribution in [3.63, 3.8) is 0 Å². The Balaban J connectivity index is 3.38. The van der Waals surface area contributed by atoms with Crippen molar-refractivity contribution in [2.24, 2.45) is 5.73 Å². The van der Waals surface area contributed by atoms with Gasteiger partial charge in [-0.3, -0.25) is 4.79 Å². The maximum atomic E-state index is 10.9. The molecule has 2 N–H and O–H groups in total. The Morgan fingerprint density at radius 3 is 2.69 bits per heavy atom. The lowest BCUT2D eigenvalue weighted by atomic mass is 10.2. The van der Waals surface area contributed by atoms with Crippen molar-refractivity contribution in [3.8, 4) is 5.75 Å². The molecule has 5 heteroatoms. The molecule has 1 aromatic rings. The van der Waals surface area contributed by atoms with Crippen LogP contribution in [0.2, 0.25) is 5.02 Å². The molecule has 0 saturated heterocycles. The molecule has 3 nitrogen and oxygen atoms in total. The van der Waals surface area contributed by atoms with Gasteiger partial charge in [-0.15, -0.1) is 0 Å². The highest BCUT2D eigenvalue weighted by molar-refractivity contribution is 9.10. The topological polar surface area (TPSA) is 52.3 Å². The maximum Gasteiger partial charge on any atom is 0.252 e. The molecule has 0 aromatic heterocycles. The molecular formula is C8H7BrClNO2. The van der Waals surface area contributed by atoms with Gasteiger partial charge in [-0.1, -0.05) is 11.6 Å². The molecule has 0 saturated carbocycles. The standard InChI is InChI=1S/C8H7BrClNO2/c1-13-7-4(8(11)12)2-3-5(10)6(7)9/h2-3H,1H3,(H2,11,12). The number of hydrogen-bond donors (Lipinski definition) is 1. The van der Waals surface area contributed by atoms with E-state index in [1.807, 2.05) is 0 Å². The zero-order valence-electron chi connectivity index (χ0n) is 6.80. The fourth-order valence-corrected chi connectivity index (χ4v) is 1.58. The Morgan fingerprint density at radius 2 is 2.23 bits per heavy atom. The van der Waals surface area contributed by atoms with Crippen LogP contribution in [0.1, 0.15) is 10.4 Å². The average molecular weight is 265 g/mol. The number of amides is 1. The number of halogens is 2. The van der Waals surface area contributed by atoms with Crippen molar-refractivity contribution in [2.75, 3.05) is 7.11 Å². The normalized spacial score (nSPS) is 9.77. The van der Waals surface area contributed by atoms with Gasteiger partial charge in [-0.05, 0) is 28.1 Å². The lowest BCUT2D eigenvalue weighted by Crippen LogP contribution is -2.12. The second-order valence-corrected chi connectivity index (χ2v) is 3.51. The predicted molar refractivity (Wildman–Crippen MR) is 54.2 cm³/mol. The summed E-state index contributed by atoms with van der Waals surface area (Å²) >= 11 is 8.99. The Labute approximate surface area is 88.9 Å². The third-order valence-corrected chi connectivity index (χ3v) is 2.85. The van der Waals surface area contributed by atoms with Crippen LogP contribution in [-0.4, -0.2) is 13.0 Å². The van der Waals surface area contributed by atoms with Gasteiger partial charge in [0, 0.05) is 0 Å². The number of methoxy groups -OCH3 is 1. The minimum absolute atomic E-state index is 0.304. The zero-order chi connectivity index (χ0) is 10.0.